The summed E-state index contributed by atoms with van der Waals surface area (Å²) in [6.45, 7) is 4.52. The maximum Gasteiger partial charge on any atom is 0.335 e. The number of benzene rings is 3. The van der Waals surface area contributed by atoms with Crippen molar-refractivity contribution in [2.75, 3.05) is 13.2 Å². The highest BCUT2D eigenvalue weighted by atomic mass is 79.9. The standard InChI is InChI=1S/C27H27BrN2O4/c1-27(2,14-18-3-11-23(28)12-4-18)30-16-24(31)17-34-25-13-21(9-10-22(25)15-29)19-5-7-20(8-6-19)26(32)33/h3-13,24,30-31H,14,16-17H2,1-2H3,(H,32,33)/t24-/m1/s1. The number of aromatic carboxylic acids is 1. The van der Waals surface area contributed by atoms with Crippen LogP contribution < -0.4 is 10.1 Å². The minimum atomic E-state index is -0.988. The Labute approximate surface area is 208 Å². The lowest BCUT2D eigenvalue weighted by Gasteiger charge is -2.28. The molecule has 0 saturated carbocycles. The molecular weight excluding hydrogens is 496 g/mol. The first kappa shape index (κ1) is 25.4. The molecule has 3 aromatic carbocycles. The van der Waals surface area contributed by atoms with Crippen LogP contribution in [0.3, 0.4) is 0 Å². The molecule has 6 nitrogen and oxygen atoms in total. The second kappa shape index (κ2) is 11.3. The Hall–Kier alpha value is -3.18. The third-order valence-electron chi connectivity index (χ3n) is 5.37. The van der Waals surface area contributed by atoms with E-state index in [-0.39, 0.29) is 17.7 Å². The summed E-state index contributed by atoms with van der Waals surface area (Å²) < 4.78 is 6.83. The van der Waals surface area contributed by atoms with Crippen LogP contribution in [-0.2, 0) is 6.42 Å². The van der Waals surface area contributed by atoms with E-state index in [1.165, 1.54) is 17.7 Å². The van der Waals surface area contributed by atoms with Crippen molar-refractivity contribution in [3.05, 3.63) is 87.9 Å². The summed E-state index contributed by atoms with van der Waals surface area (Å²) in [5, 5.41) is 32.4. The molecule has 0 fully saturated rings. The van der Waals surface area contributed by atoms with Crippen LogP contribution in [0.25, 0.3) is 11.1 Å². The molecule has 34 heavy (non-hydrogen) atoms. The highest BCUT2D eigenvalue weighted by Crippen LogP contribution is 2.27. The Kier molecular flexibility index (Phi) is 8.46. The van der Waals surface area contributed by atoms with Gasteiger partial charge < -0.3 is 20.3 Å². The van der Waals surface area contributed by atoms with Gasteiger partial charge >= 0.3 is 5.97 Å². The van der Waals surface area contributed by atoms with Crippen LogP contribution in [0.4, 0.5) is 0 Å². The molecule has 0 aromatic heterocycles. The van der Waals surface area contributed by atoms with E-state index in [1.54, 1.807) is 30.3 Å². The van der Waals surface area contributed by atoms with Crippen molar-refractivity contribution in [3.8, 4) is 22.9 Å². The zero-order chi connectivity index (χ0) is 24.7. The van der Waals surface area contributed by atoms with E-state index in [2.05, 4.69) is 53.3 Å². The van der Waals surface area contributed by atoms with Crippen LogP contribution in [0.1, 0.15) is 35.3 Å². The molecule has 3 aromatic rings. The van der Waals surface area contributed by atoms with Gasteiger partial charge in [-0.05, 0) is 73.4 Å². The molecule has 0 heterocycles. The molecule has 7 heteroatoms. The third-order valence-corrected chi connectivity index (χ3v) is 5.90. The van der Waals surface area contributed by atoms with E-state index in [0.717, 1.165) is 22.0 Å². The van der Waals surface area contributed by atoms with Gasteiger partial charge in [0.05, 0.1) is 11.1 Å². The van der Waals surface area contributed by atoms with Gasteiger partial charge in [-0.25, -0.2) is 4.79 Å². The number of hydrogen-bond donors (Lipinski definition) is 3. The lowest BCUT2D eigenvalue weighted by molar-refractivity contribution is 0.0697. The summed E-state index contributed by atoms with van der Waals surface area (Å²) in [4.78, 5) is 11.1. The summed E-state index contributed by atoms with van der Waals surface area (Å²) in [5.74, 6) is -0.617. The van der Waals surface area contributed by atoms with E-state index in [1.807, 2.05) is 12.1 Å². The van der Waals surface area contributed by atoms with Crippen LogP contribution in [0.2, 0.25) is 0 Å². The van der Waals surface area contributed by atoms with Gasteiger partial charge in [-0.3, -0.25) is 0 Å². The van der Waals surface area contributed by atoms with Crippen molar-refractivity contribution in [2.45, 2.75) is 31.9 Å². The number of halogens is 1. The molecule has 0 radical (unpaired) electrons. The average Bonchev–Trinajstić information content (AvgIpc) is 2.82. The van der Waals surface area contributed by atoms with Crippen molar-refractivity contribution in [3.63, 3.8) is 0 Å². The molecule has 3 rings (SSSR count). The van der Waals surface area contributed by atoms with Crippen LogP contribution in [-0.4, -0.2) is 41.0 Å². The monoisotopic (exact) mass is 522 g/mol. The highest BCUT2D eigenvalue weighted by molar-refractivity contribution is 9.10. The van der Waals surface area contributed by atoms with Gasteiger partial charge in [0, 0.05) is 16.6 Å². The van der Waals surface area contributed by atoms with Gasteiger partial charge in [0.15, 0.2) is 0 Å². The van der Waals surface area contributed by atoms with Gasteiger partial charge in [-0.15, -0.1) is 0 Å². The Morgan fingerprint density at radius 3 is 2.35 bits per heavy atom. The number of nitriles is 1. The zero-order valence-corrected chi connectivity index (χ0v) is 20.7. The summed E-state index contributed by atoms with van der Waals surface area (Å²) in [7, 11) is 0. The van der Waals surface area contributed by atoms with Crippen LogP contribution >= 0.6 is 15.9 Å². The third kappa shape index (κ3) is 7.16. The fourth-order valence-corrected chi connectivity index (χ4v) is 3.80. The number of nitrogens with zero attached hydrogens (tertiary/aromatic N) is 1. The summed E-state index contributed by atoms with van der Waals surface area (Å²) in [5.41, 5.74) is 3.12. The van der Waals surface area contributed by atoms with Crippen molar-refractivity contribution in [1.29, 1.82) is 5.26 Å². The van der Waals surface area contributed by atoms with Crippen molar-refractivity contribution < 1.29 is 19.7 Å². The van der Waals surface area contributed by atoms with E-state index in [4.69, 9.17) is 9.84 Å². The maximum atomic E-state index is 11.1. The number of aliphatic hydroxyl groups is 1. The van der Waals surface area contributed by atoms with E-state index in [9.17, 15) is 15.2 Å². The Bertz CT molecular complexity index is 1170. The van der Waals surface area contributed by atoms with Crippen molar-refractivity contribution >= 4 is 21.9 Å². The molecular formula is C27H27BrN2O4. The molecule has 0 saturated heterocycles. The van der Waals surface area contributed by atoms with Gasteiger partial charge in [-0.2, -0.15) is 5.26 Å². The van der Waals surface area contributed by atoms with Gasteiger partial charge in [-0.1, -0.05) is 46.3 Å². The number of aliphatic hydroxyl groups excluding tert-OH is 1. The summed E-state index contributed by atoms with van der Waals surface area (Å²) in [6, 6.07) is 21.9. The molecule has 0 amide bonds. The lowest BCUT2D eigenvalue weighted by Crippen LogP contribution is -2.46. The highest BCUT2D eigenvalue weighted by Gasteiger charge is 2.20. The molecule has 0 aliphatic rings. The molecule has 3 N–H and O–H groups in total. The topological polar surface area (TPSA) is 103 Å². The minimum Gasteiger partial charge on any atom is -0.489 e. The average molecular weight is 523 g/mol. The number of rotatable bonds is 10. The quantitative estimate of drug-likeness (QED) is 0.344. The predicted octanol–water partition coefficient (Wildman–Crippen LogP) is 5.04. The van der Waals surface area contributed by atoms with E-state index in [0.29, 0.717) is 17.9 Å². The van der Waals surface area contributed by atoms with Crippen molar-refractivity contribution in [1.82, 2.24) is 5.32 Å². The van der Waals surface area contributed by atoms with Crippen molar-refractivity contribution in [2.24, 2.45) is 0 Å². The first-order chi connectivity index (χ1) is 16.2. The van der Waals surface area contributed by atoms with Gasteiger partial charge in [0.2, 0.25) is 0 Å². The zero-order valence-electron chi connectivity index (χ0n) is 19.1. The molecule has 0 aliphatic carbocycles. The Morgan fingerprint density at radius 1 is 1.09 bits per heavy atom. The summed E-state index contributed by atoms with van der Waals surface area (Å²) in [6.07, 6.45) is 0.0315. The Morgan fingerprint density at radius 2 is 1.74 bits per heavy atom. The molecule has 1 atom stereocenters. The minimum absolute atomic E-state index is 0.0252. The number of carboxylic acids is 1. The fraction of sp³-hybridized carbons (Fsp3) is 0.259. The second-order valence-electron chi connectivity index (χ2n) is 8.74. The molecule has 0 unspecified atom stereocenters. The molecule has 0 aliphatic heterocycles. The lowest BCUT2D eigenvalue weighted by atomic mass is 9.95. The maximum absolute atomic E-state index is 11.1. The second-order valence-corrected chi connectivity index (χ2v) is 9.65. The number of hydrogen-bond acceptors (Lipinski definition) is 5. The normalized spacial score (nSPS) is 12.1. The number of ether oxygens (including phenoxy) is 1. The first-order valence-corrected chi connectivity index (χ1v) is 11.6. The fourth-order valence-electron chi connectivity index (χ4n) is 3.53. The van der Waals surface area contributed by atoms with Crippen LogP contribution in [0.5, 0.6) is 5.75 Å². The molecule has 0 spiro atoms. The van der Waals surface area contributed by atoms with E-state index < -0.39 is 12.1 Å². The molecule has 0 bridgehead atoms. The van der Waals surface area contributed by atoms with Gasteiger partial charge in [0.1, 0.15) is 24.5 Å². The number of nitrogens with one attached hydrogen (secondary N) is 1. The first-order valence-electron chi connectivity index (χ1n) is 10.8. The van der Waals surface area contributed by atoms with E-state index >= 15 is 0 Å². The van der Waals surface area contributed by atoms with Crippen LogP contribution in [0, 0.1) is 11.3 Å². The van der Waals surface area contributed by atoms with Crippen LogP contribution in [0.15, 0.2) is 71.2 Å². The largest absolute Gasteiger partial charge is 0.489 e. The smallest absolute Gasteiger partial charge is 0.335 e. The number of carbonyl (C=O) groups is 1. The Balaban J connectivity index is 1.60. The predicted molar refractivity (Wildman–Crippen MR) is 135 cm³/mol. The number of carboxylic acid groups (broad SMARTS) is 1. The number of β-amino-alcohol motifs (C(OH)–C–C–N with tert-alkyl or cyclic N) is 1. The van der Waals surface area contributed by atoms with Gasteiger partial charge in [0.25, 0.3) is 0 Å². The molecule has 176 valence electrons. The summed E-state index contributed by atoms with van der Waals surface area (Å²) >= 11 is 3.44. The SMILES string of the molecule is CC(C)(Cc1ccc(Br)cc1)NC[C@@H](O)COc1cc(-c2ccc(C(=O)O)cc2)ccc1C#N.